The summed E-state index contributed by atoms with van der Waals surface area (Å²) in [7, 11) is -3.42. The second-order valence-electron chi connectivity index (χ2n) is 8.60. The number of carbonyl (C=O) groups is 1. The van der Waals surface area contributed by atoms with Crippen LogP contribution in [0.5, 0.6) is 5.88 Å². The minimum absolute atomic E-state index is 0.00934. The SMILES string of the molecule is CCOc1cncc(-c2cnc(C(=O)N[C@H](c3cc(NS(=O)(=O)C4CC4)ccn3)[C@@H]3CCOC3)s2)n1. The first-order valence-electron chi connectivity index (χ1n) is 11.7. The van der Waals surface area contributed by atoms with Gasteiger partial charge in [0.2, 0.25) is 15.9 Å². The van der Waals surface area contributed by atoms with E-state index in [0.717, 1.165) is 6.42 Å². The Morgan fingerprint density at radius 1 is 1.25 bits per heavy atom. The molecule has 190 valence electrons. The second kappa shape index (κ2) is 10.4. The number of carbonyl (C=O) groups excluding carboxylic acids is 1. The summed E-state index contributed by atoms with van der Waals surface area (Å²) < 4.78 is 38.4. The van der Waals surface area contributed by atoms with Crippen molar-refractivity contribution < 1.29 is 22.7 Å². The van der Waals surface area contributed by atoms with Gasteiger partial charge in [-0.15, -0.1) is 11.3 Å². The summed E-state index contributed by atoms with van der Waals surface area (Å²) in [6, 6.07) is 2.81. The van der Waals surface area contributed by atoms with Crippen molar-refractivity contribution in [3.05, 3.63) is 47.6 Å². The molecule has 0 spiro atoms. The van der Waals surface area contributed by atoms with Gasteiger partial charge in [-0.25, -0.2) is 18.4 Å². The lowest BCUT2D eigenvalue weighted by Gasteiger charge is -2.23. The molecule has 4 heterocycles. The van der Waals surface area contributed by atoms with Crippen molar-refractivity contribution in [2.75, 3.05) is 24.5 Å². The normalized spacial score (nSPS) is 18.5. The molecule has 0 unspecified atom stereocenters. The molecule has 1 aliphatic carbocycles. The van der Waals surface area contributed by atoms with E-state index in [0.29, 0.717) is 60.5 Å². The molecule has 13 heteroatoms. The number of rotatable bonds is 10. The molecule has 0 aromatic carbocycles. The van der Waals surface area contributed by atoms with Gasteiger partial charge in [-0.3, -0.25) is 19.5 Å². The predicted octanol–water partition coefficient (Wildman–Crippen LogP) is 2.81. The molecule has 3 aromatic heterocycles. The van der Waals surface area contributed by atoms with E-state index in [1.54, 1.807) is 30.7 Å². The lowest BCUT2D eigenvalue weighted by Crippen LogP contribution is -2.34. The fourth-order valence-electron chi connectivity index (χ4n) is 3.94. The van der Waals surface area contributed by atoms with Crippen LogP contribution < -0.4 is 14.8 Å². The average Bonchev–Trinajstić information content (AvgIpc) is 3.38. The van der Waals surface area contributed by atoms with Crippen LogP contribution in [-0.4, -0.2) is 59.3 Å². The third kappa shape index (κ3) is 5.63. The smallest absolute Gasteiger partial charge is 0.280 e. The molecule has 3 aromatic rings. The standard InChI is InChI=1S/C23H26N6O5S2/c1-2-34-20-12-24-10-18(27-20)19-11-26-23(35-19)22(30)28-21(14-6-8-33-13-14)17-9-15(5-7-25-17)29-36(31,32)16-3-4-16/h5,7,9-12,14,16,21H,2-4,6,8,13H2,1H3,(H,25,29)(H,28,30)/t14-,21+/m1/s1. The number of anilines is 1. The van der Waals surface area contributed by atoms with Gasteiger partial charge >= 0.3 is 0 Å². The van der Waals surface area contributed by atoms with E-state index >= 15 is 0 Å². The summed E-state index contributed by atoms with van der Waals surface area (Å²) >= 11 is 1.20. The van der Waals surface area contributed by atoms with Crippen LogP contribution in [0.15, 0.2) is 36.9 Å². The van der Waals surface area contributed by atoms with Crippen molar-refractivity contribution in [1.29, 1.82) is 0 Å². The number of nitrogens with one attached hydrogen (secondary N) is 2. The highest BCUT2D eigenvalue weighted by atomic mass is 32.2. The first-order chi connectivity index (χ1) is 17.4. The molecule has 2 atom stereocenters. The van der Waals surface area contributed by atoms with Crippen LogP contribution in [0.25, 0.3) is 10.6 Å². The van der Waals surface area contributed by atoms with Gasteiger partial charge < -0.3 is 14.8 Å². The maximum Gasteiger partial charge on any atom is 0.280 e. The molecular formula is C23H26N6O5S2. The summed E-state index contributed by atoms with van der Waals surface area (Å²) in [6.45, 7) is 3.38. The fourth-order valence-corrected chi connectivity index (χ4v) is 6.09. The van der Waals surface area contributed by atoms with Gasteiger partial charge in [-0.2, -0.15) is 0 Å². The summed E-state index contributed by atoms with van der Waals surface area (Å²) in [6.07, 6.45) is 8.33. The van der Waals surface area contributed by atoms with Gasteiger partial charge in [0.1, 0.15) is 5.69 Å². The van der Waals surface area contributed by atoms with Crippen LogP contribution >= 0.6 is 11.3 Å². The van der Waals surface area contributed by atoms with Gasteiger partial charge in [0.15, 0.2) is 5.01 Å². The van der Waals surface area contributed by atoms with Crippen LogP contribution in [0.1, 0.15) is 47.7 Å². The molecule has 5 rings (SSSR count). The van der Waals surface area contributed by atoms with Crippen LogP contribution in [0, 0.1) is 5.92 Å². The number of thiazole rings is 1. The number of nitrogens with zero attached hydrogens (tertiary/aromatic N) is 4. The van der Waals surface area contributed by atoms with Crippen molar-refractivity contribution in [3.8, 4) is 16.5 Å². The molecule has 1 saturated carbocycles. The van der Waals surface area contributed by atoms with E-state index in [2.05, 4.69) is 30.0 Å². The van der Waals surface area contributed by atoms with E-state index in [4.69, 9.17) is 9.47 Å². The van der Waals surface area contributed by atoms with E-state index in [9.17, 15) is 13.2 Å². The van der Waals surface area contributed by atoms with Gasteiger partial charge in [0, 0.05) is 24.9 Å². The van der Waals surface area contributed by atoms with E-state index in [1.165, 1.54) is 17.5 Å². The second-order valence-corrected chi connectivity index (χ2v) is 11.6. The van der Waals surface area contributed by atoms with Gasteiger partial charge in [0.25, 0.3) is 5.91 Å². The zero-order valence-electron chi connectivity index (χ0n) is 19.6. The Morgan fingerprint density at radius 3 is 2.86 bits per heavy atom. The number of pyridine rings is 1. The Morgan fingerprint density at radius 2 is 2.11 bits per heavy atom. The van der Waals surface area contributed by atoms with E-state index in [1.807, 2.05) is 6.92 Å². The Kier molecular flexibility index (Phi) is 7.12. The maximum atomic E-state index is 13.2. The molecule has 2 aliphatic rings. The van der Waals surface area contributed by atoms with Crippen LogP contribution in [0.2, 0.25) is 0 Å². The summed E-state index contributed by atoms with van der Waals surface area (Å²) in [5.41, 5.74) is 1.55. The highest BCUT2D eigenvalue weighted by Gasteiger charge is 2.36. The number of sulfonamides is 1. The lowest BCUT2D eigenvalue weighted by molar-refractivity contribution is 0.0914. The van der Waals surface area contributed by atoms with Crippen molar-refractivity contribution >= 4 is 33.0 Å². The lowest BCUT2D eigenvalue weighted by atomic mass is 9.95. The molecule has 1 aliphatic heterocycles. The zero-order chi connectivity index (χ0) is 25.1. The van der Waals surface area contributed by atoms with E-state index < -0.39 is 16.1 Å². The van der Waals surface area contributed by atoms with Gasteiger partial charge in [0.05, 0.1) is 53.2 Å². The summed E-state index contributed by atoms with van der Waals surface area (Å²) in [4.78, 5) is 31.2. The molecule has 36 heavy (non-hydrogen) atoms. The van der Waals surface area contributed by atoms with Gasteiger partial charge in [-0.1, -0.05) is 0 Å². The van der Waals surface area contributed by atoms with Crippen LogP contribution in [-0.2, 0) is 14.8 Å². The van der Waals surface area contributed by atoms with Gasteiger partial charge in [-0.05, 0) is 38.3 Å². The van der Waals surface area contributed by atoms with Crippen molar-refractivity contribution in [3.63, 3.8) is 0 Å². The maximum absolute atomic E-state index is 13.2. The Balaban J connectivity index is 1.35. The number of amides is 1. The van der Waals surface area contributed by atoms with Crippen molar-refractivity contribution in [2.24, 2.45) is 5.92 Å². The topological polar surface area (TPSA) is 145 Å². The monoisotopic (exact) mass is 530 g/mol. The molecule has 1 amide bonds. The highest BCUT2D eigenvalue weighted by molar-refractivity contribution is 7.93. The quantitative estimate of drug-likeness (QED) is 0.404. The van der Waals surface area contributed by atoms with E-state index in [-0.39, 0.29) is 22.1 Å². The Hall–Kier alpha value is -3.16. The zero-order valence-corrected chi connectivity index (χ0v) is 21.2. The molecule has 11 nitrogen and oxygen atoms in total. The van der Waals surface area contributed by atoms with Crippen LogP contribution in [0.4, 0.5) is 5.69 Å². The number of hydrogen-bond acceptors (Lipinski definition) is 10. The molecule has 0 bridgehead atoms. The van der Waals surface area contributed by atoms with Crippen molar-refractivity contribution in [2.45, 2.75) is 37.5 Å². The molecule has 1 saturated heterocycles. The Labute approximate surface area is 212 Å². The summed E-state index contributed by atoms with van der Waals surface area (Å²) in [5.74, 6) is 0.0340. The molecular weight excluding hydrogens is 504 g/mol. The summed E-state index contributed by atoms with van der Waals surface area (Å²) in [5, 5.41) is 2.97. The third-order valence-corrected chi connectivity index (χ3v) is 8.79. The highest BCUT2D eigenvalue weighted by Crippen LogP contribution is 2.33. The average molecular weight is 531 g/mol. The fraction of sp³-hybridized carbons (Fsp3) is 0.435. The number of ether oxygens (including phenoxy) is 2. The minimum atomic E-state index is -3.42. The number of aromatic nitrogens is 4. The third-order valence-electron chi connectivity index (χ3n) is 5.90. The largest absolute Gasteiger partial charge is 0.477 e. The van der Waals surface area contributed by atoms with Crippen molar-refractivity contribution in [1.82, 2.24) is 25.3 Å². The first-order valence-corrected chi connectivity index (χ1v) is 14.1. The molecule has 0 radical (unpaired) electrons. The number of hydrogen-bond donors (Lipinski definition) is 2. The molecule has 2 fully saturated rings. The van der Waals surface area contributed by atoms with Crippen LogP contribution in [0.3, 0.4) is 0 Å². The molecule has 2 N–H and O–H groups in total. The minimum Gasteiger partial charge on any atom is -0.477 e. The predicted molar refractivity (Wildman–Crippen MR) is 133 cm³/mol. The Bertz CT molecular complexity index is 1340. The first kappa shape index (κ1) is 24.5.